The molecule has 2 aromatic rings. The number of nitrogens with one attached hydrogen (secondary N) is 1. The van der Waals surface area contributed by atoms with Gasteiger partial charge in [0.2, 0.25) is 0 Å². The van der Waals surface area contributed by atoms with Crippen molar-refractivity contribution in [3.05, 3.63) is 64.2 Å². The zero-order valence-electron chi connectivity index (χ0n) is 14.3. The number of hydrogen-bond donors (Lipinski definition) is 1. The van der Waals surface area contributed by atoms with E-state index >= 15 is 0 Å². The van der Waals surface area contributed by atoms with Crippen molar-refractivity contribution >= 4 is 35.0 Å². The van der Waals surface area contributed by atoms with E-state index in [0.717, 1.165) is 10.5 Å². The molecule has 2 rings (SSSR count). The Morgan fingerprint density at radius 2 is 1.85 bits per heavy atom. The van der Waals surface area contributed by atoms with Crippen molar-refractivity contribution in [3.63, 3.8) is 0 Å². The van der Waals surface area contributed by atoms with Crippen LogP contribution in [0.4, 0.5) is 11.4 Å². The predicted molar refractivity (Wildman–Crippen MR) is 99.2 cm³/mol. The molecule has 136 valence electrons. The number of nitro groups is 1. The molecule has 0 saturated carbocycles. The molecule has 7 nitrogen and oxygen atoms in total. The SMILES string of the molecule is Cc1ccccc1SCC(=O)O[C@@H](C)C(=O)Nc1ccccc1[N+](=O)[O-]. The molecule has 1 amide bonds. The van der Waals surface area contributed by atoms with E-state index in [9.17, 15) is 19.7 Å². The molecular formula is C18H18N2O5S. The number of benzene rings is 2. The summed E-state index contributed by atoms with van der Waals surface area (Å²) in [6, 6.07) is 13.4. The number of thioether (sulfide) groups is 1. The fourth-order valence-corrected chi connectivity index (χ4v) is 2.92. The van der Waals surface area contributed by atoms with E-state index in [1.807, 2.05) is 31.2 Å². The smallest absolute Gasteiger partial charge is 0.317 e. The van der Waals surface area contributed by atoms with Crippen LogP contribution in [0, 0.1) is 17.0 Å². The Morgan fingerprint density at radius 3 is 2.54 bits per heavy atom. The molecule has 0 fully saturated rings. The van der Waals surface area contributed by atoms with Crippen LogP contribution in [0.5, 0.6) is 0 Å². The minimum atomic E-state index is -1.07. The van der Waals surface area contributed by atoms with E-state index in [1.54, 1.807) is 6.07 Å². The summed E-state index contributed by atoms with van der Waals surface area (Å²) in [6.45, 7) is 3.36. The molecule has 0 spiro atoms. The molecule has 1 atom stereocenters. The number of carbonyl (C=O) groups is 2. The van der Waals surface area contributed by atoms with Crippen LogP contribution in [-0.2, 0) is 14.3 Å². The highest BCUT2D eigenvalue weighted by Gasteiger charge is 2.21. The molecule has 0 aliphatic carbocycles. The number of anilines is 1. The minimum Gasteiger partial charge on any atom is -0.452 e. The van der Waals surface area contributed by atoms with Gasteiger partial charge in [-0.05, 0) is 31.5 Å². The lowest BCUT2D eigenvalue weighted by atomic mass is 10.2. The highest BCUT2D eigenvalue weighted by Crippen LogP contribution is 2.24. The van der Waals surface area contributed by atoms with Crippen molar-refractivity contribution in [2.75, 3.05) is 11.1 Å². The van der Waals surface area contributed by atoms with Crippen LogP contribution in [0.15, 0.2) is 53.4 Å². The maximum atomic E-state index is 12.1. The standard InChI is InChI=1S/C18H18N2O5S/c1-12-7-3-6-10-16(12)26-11-17(21)25-13(2)18(22)19-14-8-4-5-9-15(14)20(23)24/h3-10,13H,11H2,1-2H3,(H,19,22)/t13-/m0/s1. The summed E-state index contributed by atoms with van der Waals surface area (Å²) in [6.07, 6.45) is -1.07. The second kappa shape index (κ2) is 9.00. The maximum absolute atomic E-state index is 12.1. The average molecular weight is 374 g/mol. The number of rotatable bonds is 7. The third-order valence-electron chi connectivity index (χ3n) is 3.48. The highest BCUT2D eigenvalue weighted by molar-refractivity contribution is 8.00. The van der Waals surface area contributed by atoms with Gasteiger partial charge in [-0.25, -0.2) is 0 Å². The molecule has 1 N–H and O–H groups in total. The fourth-order valence-electron chi connectivity index (χ4n) is 2.11. The van der Waals surface area contributed by atoms with E-state index in [-0.39, 0.29) is 17.1 Å². The van der Waals surface area contributed by atoms with Crippen molar-refractivity contribution in [3.8, 4) is 0 Å². The number of aryl methyl sites for hydroxylation is 1. The molecule has 8 heteroatoms. The maximum Gasteiger partial charge on any atom is 0.317 e. The molecule has 0 heterocycles. The van der Waals surface area contributed by atoms with Crippen LogP contribution >= 0.6 is 11.8 Å². The molecule has 0 bridgehead atoms. The van der Waals surface area contributed by atoms with E-state index in [1.165, 1.54) is 36.9 Å². The lowest BCUT2D eigenvalue weighted by Crippen LogP contribution is -2.30. The number of hydrogen-bond acceptors (Lipinski definition) is 6. The van der Waals surface area contributed by atoms with E-state index in [4.69, 9.17) is 4.74 Å². The second-order valence-corrected chi connectivity index (χ2v) is 6.47. The van der Waals surface area contributed by atoms with Crippen LogP contribution in [0.1, 0.15) is 12.5 Å². The number of para-hydroxylation sites is 2. The zero-order chi connectivity index (χ0) is 19.1. The fraction of sp³-hybridized carbons (Fsp3) is 0.222. The number of ether oxygens (including phenoxy) is 1. The average Bonchev–Trinajstić information content (AvgIpc) is 2.61. The first-order valence-corrected chi connectivity index (χ1v) is 8.79. The first-order chi connectivity index (χ1) is 12.4. The first-order valence-electron chi connectivity index (χ1n) is 7.80. The third-order valence-corrected chi connectivity index (χ3v) is 4.62. The van der Waals surface area contributed by atoms with Gasteiger partial charge < -0.3 is 10.1 Å². The second-order valence-electron chi connectivity index (χ2n) is 5.45. The lowest BCUT2D eigenvalue weighted by Gasteiger charge is -2.13. The number of carbonyl (C=O) groups excluding carboxylic acids is 2. The molecule has 0 radical (unpaired) electrons. The van der Waals surface area contributed by atoms with Crippen molar-refractivity contribution in [2.45, 2.75) is 24.8 Å². The van der Waals surface area contributed by atoms with Gasteiger partial charge in [-0.3, -0.25) is 19.7 Å². The Balaban J connectivity index is 1.90. The first kappa shape index (κ1) is 19.5. The summed E-state index contributed by atoms with van der Waals surface area (Å²) < 4.78 is 5.10. The summed E-state index contributed by atoms with van der Waals surface area (Å²) in [4.78, 5) is 35.4. The predicted octanol–water partition coefficient (Wildman–Crippen LogP) is 3.57. The number of nitrogens with zero attached hydrogens (tertiary/aromatic N) is 1. The van der Waals surface area contributed by atoms with Gasteiger partial charge in [0.1, 0.15) is 5.69 Å². The van der Waals surface area contributed by atoms with Crippen LogP contribution in [0.3, 0.4) is 0 Å². The van der Waals surface area contributed by atoms with Gasteiger partial charge in [0, 0.05) is 11.0 Å². The van der Waals surface area contributed by atoms with Crippen molar-refractivity contribution in [1.29, 1.82) is 0 Å². The van der Waals surface area contributed by atoms with Crippen molar-refractivity contribution < 1.29 is 19.2 Å². The van der Waals surface area contributed by atoms with E-state index in [2.05, 4.69) is 5.32 Å². The quantitative estimate of drug-likeness (QED) is 0.344. The number of esters is 1. The van der Waals surface area contributed by atoms with Gasteiger partial charge in [-0.1, -0.05) is 30.3 Å². The molecule has 0 aliphatic rings. The normalized spacial score (nSPS) is 11.5. The molecule has 0 aromatic heterocycles. The van der Waals surface area contributed by atoms with Crippen LogP contribution < -0.4 is 5.32 Å². The van der Waals surface area contributed by atoms with Gasteiger partial charge in [0.05, 0.1) is 10.7 Å². The lowest BCUT2D eigenvalue weighted by molar-refractivity contribution is -0.383. The molecule has 2 aromatic carbocycles. The van der Waals surface area contributed by atoms with Gasteiger partial charge in [0.25, 0.3) is 11.6 Å². The third kappa shape index (κ3) is 5.32. The Kier molecular flexibility index (Phi) is 6.74. The molecule has 26 heavy (non-hydrogen) atoms. The van der Waals surface area contributed by atoms with Crippen molar-refractivity contribution in [2.24, 2.45) is 0 Å². The van der Waals surface area contributed by atoms with Gasteiger partial charge in [-0.15, -0.1) is 11.8 Å². The number of amides is 1. The topological polar surface area (TPSA) is 98.5 Å². The highest BCUT2D eigenvalue weighted by atomic mass is 32.2. The van der Waals surface area contributed by atoms with Gasteiger partial charge in [-0.2, -0.15) is 0 Å². The molecular weight excluding hydrogens is 356 g/mol. The summed E-state index contributed by atoms with van der Waals surface area (Å²) >= 11 is 1.32. The Bertz CT molecular complexity index is 825. The molecule has 0 aliphatic heterocycles. The van der Waals surface area contributed by atoms with Crippen molar-refractivity contribution in [1.82, 2.24) is 0 Å². The Hall–Kier alpha value is -2.87. The van der Waals surface area contributed by atoms with Crippen LogP contribution in [0.25, 0.3) is 0 Å². The van der Waals surface area contributed by atoms with Gasteiger partial charge in [0.15, 0.2) is 6.10 Å². The minimum absolute atomic E-state index is 0.0553. The van der Waals surface area contributed by atoms with E-state index < -0.39 is 22.9 Å². The van der Waals surface area contributed by atoms with Crippen LogP contribution in [-0.4, -0.2) is 28.7 Å². The summed E-state index contributed by atoms with van der Waals surface area (Å²) in [7, 11) is 0. The van der Waals surface area contributed by atoms with E-state index in [0.29, 0.717) is 0 Å². The summed E-state index contributed by atoms with van der Waals surface area (Å²) in [5.74, 6) is -1.11. The molecule has 0 unspecified atom stereocenters. The Morgan fingerprint density at radius 1 is 1.19 bits per heavy atom. The van der Waals surface area contributed by atoms with Crippen LogP contribution in [0.2, 0.25) is 0 Å². The number of nitro benzene ring substituents is 1. The largest absolute Gasteiger partial charge is 0.452 e. The zero-order valence-corrected chi connectivity index (χ0v) is 15.1. The Labute approximate surface area is 154 Å². The summed E-state index contributed by atoms with van der Waals surface area (Å²) in [5.41, 5.74) is 0.877. The van der Waals surface area contributed by atoms with Gasteiger partial charge >= 0.3 is 5.97 Å². The summed E-state index contributed by atoms with van der Waals surface area (Å²) in [5, 5.41) is 13.4. The monoisotopic (exact) mass is 374 g/mol. The molecule has 0 saturated heterocycles.